The van der Waals surface area contributed by atoms with Gasteiger partial charge in [-0.2, -0.15) is 5.10 Å². The van der Waals surface area contributed by atoms with Crippen molar-refractivity contribution < 1.29 is 4.79 Å². The average molecular weight is 374 g/mol. The monoisotopic (exact) mass is 374 g/mol. The zero-order valence-electron chi connectivity index (χ0n) is 15.8. The molecule has 1 atom stereocenters. The van der Waals surface area contributed by atoms with Crippen molar-refractivity contribution in [3.05, 3.63) is 70.8 Å². The van der Waals surface area contributed by atoms with Crippen molar-refractivity contribution in [1.82, 2.24) is 14.8 Å². The summed E-state index contributed by atoms with van der Waals surface area (Å²) < 4.78 is 1.23. The normalized spacial score (nSPS) is 16.6. The van der Waals surface area contributed by atoms with E-state index < -0.39 is 0 Å². The van der Waals surface area contributed by atoms with Gasteiger partial charge in [-0.3, -0.25) is 14.6 Å². The topological polar surface area (TPSA) is 76.9 Å². The van der Waals surface area contributed by atoms with E-state index in [1.165, 1.54) is 10.7 Å². The molecule has 1 aliphatic carbocycles. The molecule has 1 amide bonds. The van der Waals surface area contributed by atoms with Gasteiger partial charge in [-0.05, 0) is 61.1 Å². The van der Waals surface area contributed by atoms with Crippen molar-refractivity contribution in [1.29, 1.82) is 0 Å². The number of aromatic nitrogens is 3. The minimum atomic E-state index is -0.291. The lowest BCUT2D eigenvalue weighted by molar-refractivity contribution is -0.117. The summed E-state index contributed by atoms with van der Waals surface area (Å²) in [5.41, 5.74) is 3.16. The average Bonchev–Trinajstić information content (AvgIpc) is 2.70. The summed E-state index contributed by atoms with van der Waals surface area (Å²) >= 11 is 0. The van der Waals surface area contributed by atoms with Gasteiger partial charge in [0, 0.05) is 23.3 Å². The molecule has 142 valence electrons. The number of carbonyl (C=O) groups excluding carboxylic acids is 1. The number of anilines is 1. The van der Waals surface area contributed by atoms with Crippen LogP contribution >= 0.6 is 0 Å². The number of benzene rings is 1. The summed E-state index contributed by atoms with van der Waals surface area (Å²) in [5.74, 6) is 0.388. The van der Waals surface area contributed by atoms with Gasteiger partial charge in [-0.25, -0.2) is 4.68 Å². The van der Waals surface area contributed by atoms with Crippen LogP contribution in [-0.4, -0.2) is 20.7 Å². The number of hydrogen-bond donors (Lipinski definition) is 1. The van der Waals surface area contributed by atoms with Gasteiger partial charge in [0.2, 0.25) is 5.91 Å². The van der Waals surface area contributed by atoms with E-state index in [9.17, 15) is 9.59 Å². The van der Waals surface area contributed by atoms with Gasteiger partial charge in [0.05, 0.1) is 11.2 Å². The first-order valence-corrected chi connectivity index (χ1v) is 9.51. The number of nitrogens with zero attached hydrogens (tertiary/aromatic N) is 3. The minimum absolute atomic E-state index is 0.124. The van der Waals surface area contributed by atoms with E-state index >= 15 is 0 Å². The second-order valence-corrected chi connectivity index (χ2v) is 7.28. The Morgan fingerprint density at radius 3 is 2.96 bits per heavy atom. The molecule has 0 bridgehead atoms. The predicted octanol–water partition coefficient (Wildman–Crippen LogP) is 3.63. The molecule has 0 spiro atoms. The third-order valence-electron chi connectivity index (χ3n) is 5.05. The highest BCUT2D eigenvalue weighted by molar-refractivity contribution is 5.93. The smallest absolute Gasteiger partial charge is 0.267 e. The van der Waals surface area contributed by atoms with E-state index in [0.29, 0.717) is 11.6 Å². The highest BCUT2D eigenvalue weighted by atomic mass is 16.2. The van der Waals surface area contributed by atoms with E-state index in [0.717, 1.165) is 41.4 Å². The molecule has 0 saturated carbocycles. The second kappa shape index (κ2) is 7.76. The maximum atomic E-state index is 12.5. The van der Waals surface area contributed by atoms with Gasteiger partial charge in [0.15, 0.2) is 0 Å². The third kappa shape index (κ3) is 4.01. The van der Waals surface area contributed by atoms with Gasteiger partial charge in [-0.15, -0.1) is 0 Å². The summed E-state index contributed by atoms with van der Waals surface area (Å²) in [6.07, 6.45) is 7.00. The molecule has 3 aromatic rings. The maximum absolute atomic E-state index is 12.5. The molecule has 0 fully saturated rings. The molecular weight excluding hydrogens is 352 g/mol. The number of amides is 1. The molecule has 1 aliphatic rings. The first kappa shape index (κ1) is 18.1. The predicted molar refractivity (Wildman–Crippen MR) is 110 cm³/mol. The van der Waals surface area contributed by atoms with E-state index in [1.54, 1.807) is 18.3 Å². The van der Waals surface area contributed by atoms with Crippen LogP contribution in [0.15, 0.2) is 59.5 Å². The molecule has 6 nitrogen and oxygen atoms in total. The minimum Gasteiger partial charge on any atom is -0.324 e. The SMILES string of the molecule is CC1CC=C(c2ccc(=O)n(CC(=O)Nc3ccc4ncccc4c3)n2)CC1. The number of carbonyl (C=O) groups is 1. The maximum Gasteiger partial charge on any atom is 0.267 e. The number of nitrogens with one attached hydrogen (secondary N) is 1. The second-order valence-electron chi connectivity index (χ2n) is 7.28. The first-order chi connectivity index (χ1) is 13.6. The molecule has 1 unspecified atom stereocenters. The first-order valence-electron chi connectivity index (χ1n) is 9.51. The lowest BCUT2D eigenvalue weighted by atomic mass is 9.90. The summed E-state index contributed by atoms with van der Waals surface area (Å²) in [6.45, 7) is 2.11. The Kier molecular flexibility index (Phi) is 5.02. The van der Waals surface area contributed by atoms with Crippen molar-refractivity contribution >= 4 is 28.1 Å². The van der Waals surface area contributed by atoms with Crippen molar-refractivity contribution in [2.24, 2.45) is 5.92 Å². The van der Waals surface area contributed by atoms with E-state index in [4.69, 9.17) is 0 Å². The van der Waals surface area contributed by atoms with E-state index in [-0.39, 0.29) is 18.0 Å². The highest BCUT2D eigenvalue weighted by Crippen LogP contribution is 2.28. The van der Waals surface area contributed by atoms with Gasteiger partial charge >= 0.3 is 0 Å². The van der Waals surface area contributed by atoms with Crippen LogP contribution in [0.4, 0.5) is 5.69 Å². The zero-order valence-corrected chi connectivity index (χ0v) is 15.8. The number of hydrogen-bond acceptors (Lipinski definition) is 4. The van der Waals surface area contributed by atoms with Gasteiger partial charge < -0.3 is 5.32 Å². The molecule has 1 aromatic carbocycles. The Morgan fingerprint density at radius 2 is 2.14 bits per heavy atom. The van der Waals surface area contributed by atoms with Crippen LogP contribution < -0.4 is 10.9 Å². The lowest BCUT2D eigenvalue weighted by Gasteiger charge is -2.18. The largest absolute Gasteiger partial charge is 0.324 e. The Bertz CT molecular complexity index is 1120. The number of pyridine rings is 1. The molecule has 2 heterocycles. The van der Waals surface area contributed by atoms with Crippen molar-refractivity contribution in [3.8, 4) is 0 Å². The Morgan fingerprint density at radius 1 is 1.25 bits per heavy atom. The lowest BCUT2D eigenvalue weighted by Crippen LogP contribution is -2.29. The summed E-state index contributed by atoms with van der Waals surface area (Å²) in [4.78, 5) is 28.9. The Labute approximate surface area is 162 Å². The molecule has 28 heavy (non-hydrogen) atoms. The Hall–Kier alpha value is -3.28. The summed E-state index contributed by atoms with van der Waals surface area (Å²) in [7, 11) is 0. The number of fused-ring (bicyclic) bond motifs is 1. The molecule has 0 radical (unpaired) electrons. The number of allylic oxidation sites excluding steroid dienone is 2. The molecule has 6 heteroatoms. The molecular formula is C22H22N4O2. The van der Waals surface area contributed by atoms with Crippen LogP contribution in [0.1, 0.15) is 31.9 Å². The fraction of sp³-hybridized carbons (Fsp3) is 0.273. The standard InChI is InChI=1S/C22H22N4O2/c1-15-4-6-16(7-5-15)20-10-11-22(28)26(25-20)14-21(27)24-18-8-9-19-17(13-18)3-2-12-23-19/h2-3,6,8-13,15H,4-5,7,14H2,1H3,(H,24,27). The van der Waals surface area contributed by atoms with Crippen molar-refractivity contribution in [2.45, 2.75) is 32.7 Å². The fourth-order valence-electron chi connectivity index (χ4n) is 3.42. The van der Waals surface area contributed by atoms with Gasteiger partial charge in [0.1, 0.15) is 6.54 Å². The quantitative estimate of drug-likeness (QED) is 0.756. The zero-order chi connectivity index (χ0) is 19.5. The Balaban J connectivity index is 1.50. The van der Waals surface area contributed by atoms with Gasteiger partial charge in [0.25, 0.3) is 5.56 Å². The summed E-state index contributed by atoms with van der Waals surface area (Å²) in [6, 6.07) is 12.5. The molecule has 0 aliphatic heterocycles. The van der Waals surface area contributed by atoms with Crippen molar-refractivity contribution in [3.63, 3.8) is 0 Å². The molecule has 1 N–H and O–H groups in total. The number of rotatable bonds is 4. The fourth-order valence-corrected chi connectivity index (χ4v) is 3.42. The molecule has 0 saturated heterocycles. The van der Waals surface area contributed by atoms with E-state index in [1.807, 2.05) is 24.3 Å². The third-order valence-corrected chi connectivity index (χ3v) is 5.05. The molecule has 4 rings (SSSR count). The van der Waals surface area contributed by atoms with Crippen LogP contribution in [0.25, 0.3) is 16.5 Å². The van der Waals surface area contributed by atoms with Crippen LogP contribution in [0.2, 0.25) is 0 Å². The molecule has 2 aromatic heterocycles. The van der Waals surface area contributed by atoms with Crippen LogP contribution in [-0.2, 0) is 11.3 Å². The van der Waals surface area contributed by atoms with Crippen LogP contribution in [0, 0.1) is 5.92 Å². The van der Waals surface area contributed by atoms with E-state index in [2.05, 4.69) is 28.4 Å². The van der Waals surface area contributed by atoms with Crippen LogP contribution in [0.3, 0.4) is 0 Å². The van der Waals surface area contributed by atoms with Crippen molar-refractivity contribution in [2.75, 3.05) is 5.32 Å². The van der Waals surface area contributed by atoms with Gasteiger partial charge in [-0.1, -0.05) is 19.1 Å². The summed E-state index contributed by atoms with van der Waals surface area (Å²) in [5, 5.41) is 8.19. The van der Waals surface area contributed by atoms with Crippen LogP contribution in [0.5, 0.6) is 0 Å². The highest BCUT2D eigenvalue weighted by Gasteiger charge is 2.14.